The normalized spacial score (nSPS) is 12.0. The Labute approximate surface area is 213 Å². The summed E-state index contributed by atoms with van der Waals surface area (Å²) in [7, 11) is 0. The molecule has 0 amide bonds. The highest BCUT2D eigenvalue weighted by Crippen LogP contribution is 2.37. The van der Waals surface area contributed by atoms with Crippen LogP contribution in [0, 0.1) is 0 Å². The van der Waals surface area contributed by atoms with Crippen molar-refractivity contribution in [3.63, 3.8) is 0 Å². The Bertz CT molecular complexity index is 1300. The van der Waals surface area contributed by atoms with Gasteiger partial charge in [-0.25, -0.2) is 0 Å². The van der Waals surface area contributed by atoms with Gasteiger partial charge in [-0.05, 0) is 53.9 Å². The molecule has 0 saturated heterocycles. The second-order valence-electron chi connectivity index (χ2n) is 8.09. The third-order valence-electron chi connectivity index (χ3n) is 5.62. The van der Waals surface area contributed by atoms with Gasteiger partial charge in [0.2, 0.25) is 0 Å². The van der Waals surface area contributed by atoms with Gasteiger partial charge in [-0.1, -0.05) is 53.5 Å². The molecule has 0 unspecified atom stereocenters. The zero-order valence-corrected chi connectivity index (χ0v) is 20.7. The Balaban J connectivity index is 1.47. The van der Waals surface area contributed by atoms with Gasteiger partial charge >= 0.3 is 5.97 Å². The molecule has 8 heteroatoms. The minimum Gasteiger partial charge on any atom is -0.490 e. The van der Waals surface area contributed by atoms with E-state index in [4.69, 9.17) is 32.7 Å². The quantitative estimate of drug-likeness (QED) is 0.221. The van der Waals surface area contributed by atoms with E-state index in [0.29, 0.717) is 47.7 Å². The molecular weight excluding hydrogens is 487 g/mol. The lowest BCUT2D eigenvalue weighted by molar-refractivity contribution is -0.139. The van der Waals surface area contributed by atoms with E-state index in [1.54, 1.807) is 18.2 Å². The van der Waals surface area contributed by atoms with Crippen LogP contribution in [0.3, 0.4) is 0 Å². The Morgan fingerprint density at radius 1 is 1.06 bits per heavy atom. The minimum atomic E-state index is -0.922. The molecule has 3 aromatic carbocycles. The molecule has 0 fully saturated rings. The second-order valence-corrected chi connectivity index (χ2v) is 8.93. The van der Waals surface area contributed by atoms with E-state index in [-0.39, 0.29) is 0 Å². The van der Waals surface area contributed by atoms with Gasteiger partial charge < -0.3 is 24.9 Å². The molecule has 0 aliphatic carbocycles. The number of carboxylic acid groups (broad SMARTS) is 1. The number of fused-ring (bicyclic) bond motifs is 1. The molecule has 1 heterocycles. The maximum absolute atomic E-state index is 12.0. The summed E-state index contributed by atoms with van der Waals surface area (Å²) in [5, 5.41) is 15.0. The zero-order valence-electron chi connectivity index (χ0n) is 19.2. The van der Waals surface area contributed by atoms with Crippen LogP contribution in [0.2, 0.25) is 10.0 Å². The van der Waals surface area contributed by atoms with Crippen molar-refractivity contribution in [1.29, 1.82) is 0 Å². The van der Waals surface area contributed by atoms with Crippen molar-refractivity contribution < 1.29 is 19.4 Å². The van der Waals surface area contributed by atoms with Crippen molar-refractivity contribution >= 4 is 40.1 Å². The monoisotopic (exact) mass is 512 g/mol. The van der Waals surface area contributed by atoms with Crippen LogP contribution in [0.15, 0.2) is 66.9 Å². The van der Waals surface area contributed by atoms with Crippen molar-refractivity contribution in [2.24, 2.45) is 0 Å². The van der Waals surface area contributed by atoms with Crippen LogP contribution in [0.1, 0.15) is 23.6 Å². The number of aliphatic carboxylic acids is 1. The van der Waals surface area contributed by atoms with E-state index in [0.717, 1.165) is 27.6 Å². The lowest BCUT2D eigenvalue weighted by Crippen LogP contribution is -2.38. The van der Waals surface area contributed by atoms with Gasteiger partial charge in [-0.3, -0.25) is 4.79 Å². The molecule has 1 atom stereocenters. The molecule has 4 rings (SSSR count). The second kappa shape index (κ2) is 11.5. The molecule has 0 aliphatic heterocycles. The van der Waals surface area contributed by atoms with Crippen LogP contribution < -0.4 is 14.8 Å². The van der Waals surface area contributed by atoms with Crippen molar-refractivity contribution in [1.82, 2.24) is 10.3 Å². The topological polar surface area (TPSA) is 83.6 Å². The fraction of sp³-hybridized carbons (Fsp3) is 0.222. The molecule has 0 aliphatic rings. The Morgan fingerprint density at radius 3 is 2.57 bits per heavy atom. The molecular formula is C27H26Cl2N2O4. The van der Waals surface area contributed by atoms with E-state index < -0.39 is 12.0 Å². The molecule has 35 heavy (non-hydrogen) atoms. The average Bonchev–Trinajstić information content (AvgIpc) is 3.25. The molecule has 4 aromatic rings. The fourth-order valence-corrected chi connectivity index (χ4v) is 4.28. The van der Waals surface area contributed by atoms with Crippen molar-refractivity contribution in [2.45, 2.75) is 32.5 Å². The number of aromatic amines is 1. The van der Waals surface area contributed by atoms with Gasteiger partial charge in [0.1, 0.15) is 12.6 Å². The number of hydrogen-bond acceptors (Lipinski definition) is 4. The van der Waals surface area contributed by atoms with E-state index in [9.17, 15) is 9.90 Å². The number of ether oxygens (including phenoxy) is 2. The number of carboxylic acids is 1. The third-order valence-corrected chi connectivity index (χ3v) is 6.15. The van der Waals surface area contributed by atoms with Crippen LogP contribution >= 0.6 is 23.2 Å². The number of hydrogen-bond donors (Lipinski definition) is 3. The van der Waals surface area contributed by atoms with Gasteiger partial charge in [0.25, 0.3) is 0 Å². The summed E-state index contributed by atoms with van der Waals surface area (Å²) in [6.07, 6.45) is 2.20. The molecule has 0 bridgehead atoms. The summed E-state index contributed by atoms with van der Waals surface area (Å²) in [4.78, 5) is 15.2. The first-order chi connectivity index (χ1) is 16.9. The molecule has 182 valence electrons. The Hall–Kier alpha value is -3.19. The van der Waals surface area contributed by atoms with Crippen molar-refractivity contribution in [3.05, 3.63) is 93.6 Å². The summed E-state index contributed by atoms with van der Waals surface area (Å²) in [5.41, 5.74) is 3.66. The highest BCUT2D eigenvalue weighted by Gasteiger charge is 2.20. The summed E-state index contributed by atoms with van der Waals surface area (Å²) in [6, 6.07) is 18.0. The number of halogens is 2. The minimum absolute atomic E-state index is 0.302. The molecule has 6 nitrogen and oxygen atoms in total. The van der Waals surface area contributed by atoms with E-state index >= 15 is 0 Å². The number of carbonyl (C=O) groups is 1. The molecule has 1 aromatic heterocycles. The lowest BCUT2D eigenvalue weighted by Gasteiger charge is -2.17. The molecule has 0 saturated carbocycles. The Kier molecular flexibility index (Phi) is 8.18. The van der Waals surface area contributed by atoms with Crippen LogP contribution in [0.5, 0.6) is 11.5 Å². The van der Waals surface area contributed by atoms with Crippen LogP contribution in [-0.2, 0) is 24.4 Å². The lowest BCUT2D eigenvalue weighted by atomic mass is 10.0. The van der Waals surface area contributed by atoms with Crippen molar-refractivity contribution in [2.75, 3.05) is 6.61 Å². The van der Waals surface area contributed by atoms with Gasteiger partial charge in [0, 0.05) is 35.1 Å². The highest BCUT2D eigenvalue weighted by atomic mass is 35.5. The zero-order chi connectivity index (χ0) is 24.8. The largest absolute Gasteiger partial charge is 0.490 e. The van der Waals surface area contributed by atoms with Crippen LogP contribution in [-0.4, -0.2) is 28.7 Å². The highest BCUT2D eigenvalue weighted by molar-refractivity contribution is 6.32. The number of H-pyrrole nitrogens is 1. The number of nitrogens with one attached hydrogen (secondary N) is 2. The standard InChI is InChI=1S/C27H26Cl2N2O4/c1-2-34-25-12-18(11-22(29)26(25)35-16-17-7-9-20(28)10-8-17)14-30-24(27(32)33)13-19-15-31-23-6-4-3-5-21(19)23/h3-12,15,24,30-31H,2,13-14,16H2,1H3,(H,32,33)/t24-/m0/s1. The Morgan fingerprint density at radius 2 is 1.83 bits per heavy atom. The smallest absolute Gasteiger partial charge is 0.321 e. The maximum Gasteiger partial charge on any atom is 0.321 e. The SMILES string of the molecule is CCOc1cc(CN[C@@H](Cc2c[nH]c3ccccc23)C(=O)O)cc(Cl)c1OCc1ccc(Cl)cc1. The van der Waals surface area contributed by atoms with Gasteiger partial charge in [0.05, 0.1) is 11.6 Å². The molecule has 0 spiro atoms. The fourth-order valence-electron chi connectivity index (χ4n) is 3.87. The predicted molar refractivity (Wildman–Crippen MR) is 139 cm³/mol. The van der Waals surface area contributed by atoms with Crippen molar-refractivity contribution in [3.8, 4) is 11.5 Å². The first kappa shape index (κ1) is 24.9. The van der Waals surface area contributed by atoms with E-state index in [2.05, 4.69) is 10.3 Å². The van der Waals surface area contributed by atoms with E-state index in [1.165, 1.54) is 0 Å². The number of rotatable bonds is 11. The van der Waals surface area contributed by atoms with Crippen LogP contribution in [0.4, 0.5) is 0 Å². The average molecular weight is 513 g/mol. The third kappa shape index (κ3) is 6.28. The summed E-state index contributed by atoms with van der Waals surface area (Å²) in [5.74, 6) is 0.0318. The van der Waals surface area contributed by atoms with Gasteiger partial charge in [-0.2, -0.15) is 0 Å². The summed E-state index contributed by atoms with van der Waals surface area (Å²) < 4.78 is 11.7. The number of para-hydroxylation sites is 1. The van der Waals surface area contributed by atoms with E-state index in [1.807, 2.05) is 55.6 Å². The van der Waals surface area contributed by atoms with Gasteiger partial charge in [-0.15, -0.1) is 0 Å². The molecule has 3 N–H and O–H groups in total. The maximum atomic E-state index is 12.0. The van der Waals surface area contributed by atoms with Gasteiger partial charge in [0.15, 0.2) is 11.5 Å². The molecule has 0 radical (unpaired) electrons. The summed E-state index contributed by atoms with van der Waals surface area (Å²) >= 11 is 12.5. The number of aromatic nitrogens is 1. The summed E-state index contributed by atoms with van der Waals surface area (Å²) in [6.45, 7) is 2.92. The first-order valence-corrected chi connectivity index (χ1v) is 12.0. The predicted octanol–water partition coefficient (Wildman–Crippen LogP) is 6.24. The van der Waals surface area contributed by atoms with Crippen LogP contribution in [0.25, 0.3) is 10.9 Å². The number of benzene rings is 3. The first-order valence-electron chi connectivity index (χ1n) is 11.3.